The number of sulfonamides is 1. The molecule has 0 aliphatic heterocycles. The Kier molecular flexibility index (Phi) is 5.33. The molecular weight excluding hydrogens is 306 g/mol. The highest BCUT2D eigenvalue weighted by Gasteiger charge is 2.12. The Labute approximate surface area is 129 Å². The van der Waals surface area contributed by atoms with Gasteiger partial charge in [-0.25, -0.2) is 18.1 Å². The Morgan fingerprint density at radius 1 is 1.24 bits per heavy atom. The molecule has 2 aromatic rings. The molecule has 2 rings (SSSR count). The van der Waals surface area contributed by atoms with Gasteiger partial charge in [-0.05, 0) is 37.6 Å². The monoisotopic (exact) mass is 325 g/mol. The molecule has 5 nitrogen and oxygen atoms in total. The topological polar surface area (TPSA) is 71.1 Å². The molecule has 0 fully saturated rings. The zero-order valence-electron chi connectivity index (χ0n) is 12.1. The van der Waals surface area contributed by atoms with Gasteiger partial charge in [-0.1, -0.05) is 6.92 Å². The van der Waals surface area contributed by atoms with Crippen LogP contribution in [0.1, 0.15) is 23.2 Å². The van der Waals surface area contributed by atoms with Gasteiger partial charge in [-0.2, -0.15) is 0 Å². The minimum Gasteiger partial charge on any atom is -0.380 e. The van der Waals surface area contributed by atoms with E-state index in [0.717, 1.165) is 22.0 Å². The summed E-state index contributed by atoms with van der Waals surface area (Å²) >= 11 is 1.64. The zero-order valence-corrected chi connectivity index (χ0v) is 13.7. The molecule has 0 saturated carbocycles. The number of nitrogens with zero attached hydrogens (tertiary/aromatic N) is 1. The van der Waals surface area contributed by atoms with Crippen LogP contribution in [-0.2, 0) is 16.6 Å². The first-order chi connectivity index (χ1) is 10.0. The van der Waals surface area contributed by atoms with Crippen LogP contribution in [0.15, 0.2) is 35.4 Å². The number of aryl methyl sites for hydroxylation is 1. The smallest absolute Gasteiger partial charge is 0.240 e. The van der Waals surface area contributed by atoms with E-state index >= 15 is 0 Å². The summed E-state index contributed by atoms with van der Waals surface area (Å²) in [6, 6.07) is 6.76. The molecule has 1 heterocycles. The van der Waals surface area contributed by atoms with Gasteiger partial charge in [0.15, 0.2) is 0 Å². The fraction of sp³-hybridized carbons (Fsp3) is 0.357. The van der Waals surface area contributed by atoms with Gasteiger partial charge in [-0.15, -0.1) is 11.3 Å². The van der Waals surface area contributed by atoms with Gasteiger partial charge in [0, 0.05) is 23.3 Å². The second kappa shape index (κ2) is 7.02. The highest BCUT2D eigenvalue weighted by Crippen LogP contribution is 2.17. The number of benzene rings is 1. The summed E-state index contributed by atoms with van der Waals surface area (Å²) in [6.45, 7) is 5.03. The van der Waals surface area contributed by atoms with Crippen LogP contribution in [0.2, 0.25) is 0 Å². The van der Waals surface area contributed by atoms with Crippen LogP contribution in [0.3, 0.4) is 0 Å². The minimum absolute atomic E-state index is 0.287. The first-order valence-electron chi connectivity index (χ1n) is 6.76. The van der Waals surface area contributed by atoms with Crippen molar-refractivity contribution < 1.29 is 8.42 Å². The van der Waals surface area contributed by atoms with Crippen molar-refractivity contribution in [2.24, 2.45) is 0 Å². The average molecular weight is 325 g/mol. The van der Waals surface area contributed by atoms with Crippen LogP contribution in [0.5, 0.6) is 0 Å². The van der Waals surface area contributed by atoms with E-state index in [1.165, 1.54) is 0 Å². The second-order valence-electron chi connectivity index (χ2n) is 4.62. The average Bonchev–Trinajstić information content (AvgIpc) is 2.89. The molecule has 0 aliphatic rings. The van der Waals surface area contributed by atoms with Crippen molar-refractivity contribution in [2.75, 3.05) is 11.9 Å². The molecule has 0 bridgehead atoms. The Morgan fingerprint density at radius 2 is 1.95 bits per heavy atom. The van der Waals surface area contributed by atoms with E-state index in [4.69, 9.17) is 0 Å². The minimum atomic E-state index is -3.39. The van der Waals surface area contributed by atoms with Crippen molar-refractivity contribution >= 4 is 27.0 Å². The molecule has 0 spiro atoms. The summed E-state index contributed by atoms with van der Waals surface area (Å²) in [5.41, 5.74) is 0.885. The molecule has 7 heteroatoms. The summed E-state index contributed by atoms with van der Waals surface area (Å²) < 4.78 is 26.4. The van der Waals surface area contributed by atoms with Crippen molar-refractivity contribution in [3.05, 3.63) is 40.3 Å². The standard InChI is InChI=1S/C14H19N3O2S2/c1-3-8-17-21(18,19)14-6-4-12(5-7-14)16-10-13-9-15-11(2)20-13/h4-7,9,16-17H,3,8,10H2,1-2H3. The lowest BCUT2D eigenvalue weighted by Gasteiger charge is -2.08. The van der Waals surface area contributed by atoms with Gasteiger partial charge >= 0.3 is 0 Å². The molecule has 1 aromatic heterocycles. The molecular formula is C14H19N3O2S2. The third-order valence-corrected chi connectivity index (χ3v) is 5.23. The Balaban J connectivity index is 1.98. The number of hydrogen-bond donors (Lipinski definition) is 2. The van der Waals surface area contributed by atoms with E-state index in [2.05, 4.69) is 15.0 Å². The lowest BCUT2D eigenvalue weighted by atomic mass is 10.3. The van der Waals surface area contributed by atoms with Gasteiger partial charge in [-0.3, -0.25) is 0 Å². The maximum Gasteiger partial charge on any atom is 0.240 e. The molecule has 114 valence electrons. The van der Waals surface area contributed by atoms with Crippen molar-refractivity contribution in [3.8, 4) is 0 Å². The Bertz CT molecular complexity index is 678. The summed E-state index contributed by atoms with van der Waals surface area (Å²) in [7, 11) is -3.39. The maximum absolute atomic E-state index is 11.9. The fourth-order valence-corrected chi connectivity index (χ4v) is 3.62. The molecule has 0 radical (unpaired) electrons. The predicted molar refractivity (Wildman–Crippen MR) is 86.1 cm³/mol. The molecule has 21 heavy (non-hydrogen) atoms. The van der Waals surface area contributed by atoms with Gasteiger partial charge in [0.05, 0.1) is 16.4 Å². The van der Waals surface area contributed by atoms with Crippen LogP contribution >= 0.6 is 11.3 Å². The normalized spacial score (nSPS) is 11.5. The molecule has 0 atom stereocenters. The summed E-state index contributed by atoms with van der Waals surface area (Å²) in [5, 5.41) is 4.29. The fourth-order valence-electron chi connectivity index (χ4n) is 1.75. The first-order valence-corrected chi connectivity index (χ1v) is 9.06. The van der Waals surface area contributed by atoms with Gasteiger partial charge < -0.3 is 5.32 Å². The van der Waals surface area contributed by atoms with E-state index in [-0.39, 0.29) is 4.90 Å². The van der Waals surface area contributed by atoms with Gasteiger partial charge in [0.1, 0.15) is 0 Å². The number of nitrogens with one attached hydrogen (secondary N) is 2. The van der Waals surface area contributed by atoms with Crippen molar-refractivity contribution in [1.82, 2.24) is 9.71 Å². The maximum atomic E-state index is 11.9. The Hall–Kier alpha value is -1.44. The Morgan fingerprint density at radius 3 is 2.52 bits per heavy atom. The van der Waals surface area contributed by atoms with E-state index in [1.54, 1.807) is 35.6 Å². The van der Waals surface area contributed by atoms with Gasteiger partial charge in [0.25, 0.3) is 0 Å². The zero-order chi connectivity index (χ0) is 15.3. The lowest BCUT2D eigenvalue weighted by Crippen LogP contribution is -2.24. The molecule has 1 aromatic carbocycles. The largest absolute Gasteiger partial charge is 0.380 e. The van der Waals surface area contributed by atoms with Crippen LogP contribution in [0, 0.1) is 6.92 Å². The summed E-state index contributed by atoms with van der Waals surface area (Å²) in [4.78, 5) is 5.63. The third-order valence-electron chi connectivity index (χ3n) is 2.84. The molecule has 0 aliphatic carbocycles. The number of anilines is 1. The van der Waals surface area contributed by atoms with E-state index in [0.29, 0.717) is 13.1 Å². The molecule has 2 N–H and O–H groups in total. The second-order valence-corrected chi connectivity index (χ2v) is 7.71. The van der Waals surface area contributed by atoms with E-state index in [1.807, 2.05) is 20.0 Å². The van der Waals surface area contributed by atoms with Crippen molar-refractivity contribution in [1.29, 1.82) is 0 Å². The highest BCUT2D eigenvalue weighted by atomic mass is 32.2. The van der Waals surface area contributed by atoms with Crippen LogP contribution < -0.4 is 10.0 Å². The number of hydrogen-bond acceptors (Lipinski definition) is 5. The molecule has 0 saturated heterocycles. The highest BCUT2D eigenvalue weighted by molar-refractivity contribution is 7.89. The number of rotatable bonds is 7. The molecule has 0 unspecified atom stereocenters. The quantitative estimate of drug-likeness (QED) is 0.821. The number of thiazole rings is 1. The molecule has 0 amide bonds. The third kappa shape index (κ3) is 4.52. The van der Waals surface area contributed by atoms with Crippen molar-refractivity contribution in [2.45, 2.75) is 31.7 Å². The van der Waals surface area contributed by atoms with Crippen molar-refractivity contribution in [3.63, 3.8) is 0 Å². The van der Waals surface area contributed by atoms with Crippen LogP contribution in [-0.4, -0.2) is 19.9 Å². The summed E-state index contributed by atoms with van der Waals surface area (Å²) in [5.74, 6) is 0. The number of aromatic nitrogens is 1. The van der Waals surface area contributed by atoms with E-state index < -0.39 is 10.0 Å². The summed E-state index contributed by atoms with van der Waals surface area (Å²) in [6.07, 6.45) is 2.62. The SMILES string of the molecule is CCCNS(=O)(=O)c1ccc(NCc2cnc(C)s2)cc1. The van der Waals surface area contributed by atoms with E-state index in [9.17, 15) is 8.42 Å². The van der Waals surface area contributed by atoms with Crippen LogP contribution in [0.4, 0.5) is 5.69 Å². The van der Waals surface area contributed by atoms with Gasteiger partial charge in [0.2, 0.25) is 10.0 Å². The predicted octanol–water partition coefficient (Wildman–Crippen LogP) is 2.75. The first kappa shape index (κ1) is 15.9. The lowest BCUT2D eigenvalue weighted by molar-refractivity contribution is 0.581. The van der Waals surface area contributed by atoms with Crippen LogP contribution in [0.25, 0.3) is 0 Å².